The molecule has 1 aliphatic heterocycles. The molecule has 0 spiro atoms. The predicted octanol–water partition coefficient (Wildman–Crippen LogP) is 3.79. The van der Waals surface area contributed by atoms with Gasteiger partial charge in [-0.2, -0.15) is 0 Å². The summed E-state index contributed by atoms with van der Waals surface area (Å²) in [7, 11) is 3.33. The molecule has 0 radical (unpaired) electrons. The summed E-state index contributed by atoms with van der Waals surface area (Å²) >= 11 is 0. The van der Waals surface area contributed by atoms with Crippen molar-refractivity contribution in [1.82, 2.24) is 15.5 Å². The lowest BCUT2D eigenvalue weighted by molar-refractivity contribution is 0.321. The average Bonchev–Trinajstić information content (AvgIpc) is 3.19. The maximum absolute atomic E-state index is 13.9. The van der Waals surface area contributed by atoms with E-state index < -0.39 is 0 Å². The van der Waals surface area contributed by atoms with Gasteiger partial charge in [-0.05, 0) is 37.1 Å². The fraction of sp³-hybridized carbons (Fsp3) is 0.435. The molecule has 8 heteroatoms. The van der Waals surface area contributed by atoms with Crippen molar-refractivity contribution in [2.75, 3.05) is 33.9 Å². The fourth-order valence-corrected chi connectivity index (χ4v) is 3.61. The Labute approximate surface area is 201 Å². The molecular weight excluding hydrogens is 510 g/mol. The molecule has 2 aromatic rings. The molecule has 3 rings (SSSR count). The number of benzene rings is 2. The monoisotopic (exact) mass is 542 g/mol. The van der Waals surface area contributed by atoms with E-state index >= 15 is 0 Å². The van der Waals surface area contributed by atoms with Gasteiger partial charge in [-0.15, -0.1) is 24.0 Å². The summed E-state index contributed by atoms with van der Waals surface area (Å²) in [5, 5.41) is 6.75. The molecule has 0 aliphatic carbocycles. The molecule has 0 aromatic heterocycles. The number of nitrogens with one attached hydrogen (secondary N) is 2. The first-order valence-electron chi connectivity index (χ1n) is 10.3. The van der Waals surface area contributed by atoms with Crippen LogP contribution in [-0.2, 0) is 13.1 Å². The van der Waals surface area contributed by atoms with E-state index in [9.17, 15) is 4.39 Å². The van der Waals surface area contributed by atoms with Gasteiger partial charge in [-0.1, -0.05) is 18.2 Å². The largest absolute Gasteiger partial charge is 0.497 e. The summed E-state index contributed by atoms with van der Waals surface area (Å²) < 4.78 is 24.6. The molecule has 2 aromatic carbocycles. The quantitative estimate of drug-likeness (QED) is 0.302. The van der Waals surface area contributed by atoms with Gasteiger partial charge in [0.05, 0.1) is 20.8 Å². The van der Waals surface area contributed by atoms with Crippen LogP contribution in [0.1, 0.15) is 24.5 Å². The third kappa shape index (κ3) is 7.53. The van der Waals surface area contributed by atoms with Crippen LogP contribution in [0.15, 0.2) is 47.5 Å². The van der Waals surface area contributed by atoms with Crippen LogP contribution in [-0.4, -0.2) is 50.8 Å². The van der Waals surface area contributed by atoms with Gasteiger partial charge in [0.2, 0.25) is 0 Å². The van der Waals surface area contributed by atoms with Gasteiger partial charge in [0.25, 0.3) is 0 Å². The summed E-state index contributed by atoms with van der Waals surface area (Å²) in [6, 6.07) is 13.0. The van der Waals surface area contributed by atoms with Crippen LogP contribution in [0.25, 0.3) is 0 Å². The zero-order valence-corrected chi connectivity index (χ0v) is 20.7. The molecule has 1 fully saturated rings. The molecule has 1 heterocycles. The number of aliphatic imine (C=N–C) groups is 1. The number of guanidine groups is 1. The second-order valence-corrected chi connectivity index (χ2v) is 7.37. The van der Waals surface area contributed by atoms with Crippen LogP contribution in [0, 0.1) is 5.82 Å². The highest BCUT2D eigenvalue weighted by Crippen LogP contribution is 2.24. The smallest absolute Gasteiger partial charge is 0.191 e. The van der Waals surface area contributed by atoms with Crippen LogP contribution < -0.4 is 20.1 Å². The molecule has 31 heavy (non-hydrogen) atoms. The van der Waals surface area contributed by atoms with Gasteiger partial charge < -0.3 is 20.1 Å². The Kier molecular flexibility index (Phi) is 10.3. The normalized spacial score (nSPS) is 16.5. The molecule has 6 nitrogen and oxygen atoms in total. The van der Waals surface area contributed by atoms with Gasteiger partial charge in [0, 0.05) is 43.9 Å². The third-order valence-corrected chi connectivity index (χ3v) is 5.14. The van der Waals surface area contributed by atoms with Crippen molar-refractivity contribution in [3.8, 4) is 11.5 Å². The molecule has 0 amide bonds. The van der Waals surface area contributed by atoms with Gasteiger partial charge in [0.15, 0.2) is 5.96 Å². The van der Waals surface area contributed by atoms with Crippen molar-refractivity contribution in [3.05, 3.63) is 59.4 Å². The van der Waals surface area contributed by atoms with Crippen LogP contribution in [0.5, 0.6) is 11.5 Å². The van der Waals surface area contributed by atoms with E-state index in [1.54, 1.807) is 26.4 Å². The zero-order chi connectivity index (χ0) is 21.3. The highest BCUT2D eigenvalue weighted by atomic mass is 127. The molecule has 2 N–H and O–H groups in total. The lowest BCUT2D eigenvalue weighted by Crippen LogP contribution is -2.44. The van der Waals surface area contributed by atoms with E-state index in [1.807, 2.05) is 31.2 Å². The number of rotatable bonds is 8. The predicted molar refractivity (Wildman–Crippen MR) is 133 cm³/mol. The number of nitrogens with zero attached hydrogens (tertiary/aromatic N) is 2. The SMILES string of the molecule is CCNC(=NCc1ccccc1F)NC1CCN(Cc2cc(OC)cc(OC)c2)C1.I. The Bertz CT molecular complexity index is 843. The van der Waals surface area contributed by atoms with Crippen molar-refractivity contribution in [2.45, 2.75) is 32.5 Å². The van der Waals surface area contributed by atoms with Gasteiger partial charge >= 0.3 is 0 Å². The molecule has 1 unspecified atom stereocenters. The Balaban J connectivity index is 0.00000341. The highest BCUT2D eigenvalue weighted by Gasteiger charge is 2.23. The van der Waals surface area contributed by atoms with Crippen LogP contribution in [0.2, 0.25) is 0 Å². The third-order valence-electron chi connectivity index (χ3n) is 5.14. The van der Waals surface area contributed by atoms with Crippen LogP contribution in [0.4, 0.5) is 4.39 Å². The Morgan fingerprint density at radius 1 is 1.16 bits per heavy atom. The molecule has 1 aliphatic rings. The van der Waals surface area contributed by atoms with E-state index in [2.05, 4.69) is 20.5 Å². The number of halogens is 2. The minimum absolute atomic E-state index is 0. The standard InChI is InChI=1S/C23H31FN4O2.HI/c1-4-25-23(26-14-18-7-5-6-8-22(18)24)27-19-9-10-28(16-19)15-17-11-20(29-2)13-21(12-17)30-3;/h5-8,11-13,19H,4,9-10,14-16H2,1-3H3,(H2,25,26,27);1H. The van der Waals surface area contributed by atoms with Crippen LogP contribution in [0.3, 0.4) is 0 Å². The second kappa shape index (κ2) is 12.7. The Morgan fingerprint density at radius 2 is 1.87 bits per heavy atom. The van der Waals surface area contributed by atoms with E-state index in [1.165, 1.54) is 6.07 Å². The van der Waals surface area contributed by atoms with Gasteiger partial charge in [-0.3, -0.25) is 4.90 Å². The first-order chi connectivity index (χ1) is 14.6. The van der Waals surface area contributed by atoms with Crippen molar-refractivity contribution in [2.24, 2.45) is 4.99 Å². The fourth-order valence-electron chi connectivity index (χ4n) is 3.61. The number of hydrogen-bond acceptors (Lipinski definition) is 4. The Hall–Kier alpha value is -2.07. The van der Waals surface area contributed by atoms with E-state index in [4.69, 9.17) is 9.47 Å². The topological polar surface area (TPSA) is 58.1 Å². The molecule has 1 saturated heterocycles. The second-order valence-electron chi connectivity index (χ2n) is 7.37. The minimum atomic E-state index is -0.224. The lowest BCUT2D eigenvalue weighted by Gasteiger charge is -2.19. The van der Waals surface area contributed by atoms with Crippen molar-refractivity contribution in [1.29, 1.82) is 0 Å². The molecule has 1 atom stereocenters. The first kappa shape index (κ1) is 25.2. The molecule has 0 bridgehead atoms. The maximum Gasteiger partial charge on any atom is 0.191 e. The minimum Gasteiger partial charge on any atom is -0.497 e. The van der Waals surface area contributed by atoms with Gasteiger partial charge in [-0.25, -0.2) is 9.38 Å². The van der Waals surface area contributed by atoms with Crippen molar-refractivity contribution >= 4 is 29.9 Å². The molecule has 0 saturated carbocycles. The summed E-state index contributed by atoms with van der Waals surface area (Å²) in [6.45, 7) is 5.81. The van der Waals surface area contributed by atoms with Gasteiger partial charge in [0.1, 0.15) is 17.3 Å². The average molecular weight is 542 g/mol. The highest BCUT2D eigenvalue weighted by molar-refractivity contribution is 14.0. The summed E-state index contributed by atoms with van der Waals surface area (Å²) in [4.78, 5) is 6.96. The van der Waals surface area contributed by atoms with Crippen molar-refractivity contribution < 1.29 is 13.9 Å². The van der Waals surface area contributed by atoms with Crippen molar-refractivity contribution in [3.63, 3.8) is 0 Å². The number of hydrogen-bond donors (Lipinski definition) is 2. The summed E-state index contributed by atoms with van der Waals surface area (Å²) in [5.41, 5.74) is 1.75. The lowest BCUT2D eigenvalue weighted by atomic mass is 10.2. The van der Waals surface area contributed by atoms with E-state index in [-0.39, 0.29) is 35.8 Å². The summed E-state index contributed by atoms with van der Waals surface area (Å²) in [6.07, 6.45) is 1.02. The molecular formula is C23H32FIN4O2. The first-order valence-corrected chi connectivity index (χ1v) is 10.3. The molecule has 170 valence electrons. The van der Waals surface area contributed by atoms with Crippen LogP contribution >= 0.6 is 24.0 Å². The number of ether oxygens (including phenoxy) is 2. The van der Waals surface area contributed by atoms with E-state index in [0.717, 1.165) is 55.6 Å². The zero-order valence-electron chi connectivity index (χ0n) is 18.4. The maximum atomic E-state index is 13.9. The number of methoxy groups -OCH3 is 2. The summed E-state index contributed by atoms with van der Waals surface area (Å²) in [5.74, 6) is 2.09. The van der Waals surface area contributed by atoms with E-state index in [0.29, 0.717) is 12.1 Å². The number of likely N-dealkylation sites (tertiary alicyclic amines) is 1. The Morgan fingerprint density at radius 3 is 2.52 bits per heavy atom.